The molecule has 1 aromatic heterocycles. The van der Waals surface area contributed by atoms with Crippen LogP contribution in [-0.2, 0) is 4.74 Å². The van der Waals surface area contributed by atoms with Gasteiger partial charge in [-0.2, -0.15) is 4.98 Å². The number of aliphatic hydroxyl groups excluding tert-OH is 3. The molecule has 1 saturated heterocycles. The number of nitrogen functional groups attached to an aromatic ring is 1. The van der Waals surface area contributed by atoms with Crippen LogP contribution in [0.3, 0.4) is 0 Å². The van der Waals surface area contributed by atoms with Crippen molar-refractivity contribution in [2.24, 2.45) is 0 Å². The summed E-state index contributed by atoms with van der Waals surface area (Å²) in [5, 5.41) is 28.2. The van der Waals surface area contributed by atoms with Crippen LogP contribution in [0.25, 0.3) is 6.08 Å². The normalized spacial score (nSPS) is 25.6. The quantitative estimate of drug-likeness (QED) is 0.444. The molecule has 10 heteroatoms. The standard InChI is InChI=1S/C9H13N3O5.C8H7NO/c10-5-1-2-12(9(16)11-5)8-7(15)6(14)4(3-13)17-8;1-2-4-8-7(3-1)5-6-9-10-8/h1-2,4,6-8,13-15H,3H2,(H2,10,11,16);1-6,9H/t4-,6-,7-,8-;/m1./s1. The Morgan fingerprint density at radius 2 is 2.00 bits per heavy atom. The largest absolute Gasteiger partial charge is 0.394 e. The van der Waals surface area contributed by atoms with Crippen molar-refractivity contribution in [1.29, 1.82) is 0 Å². The molecule has 0 spiro atoms. The molecule has 27 heavy (non-hydrogen) atoms. The molecule has 4 rings (SSSR count). The van der Waals surface area contributed by atoms with Gasteiger partial charge in [0.05, 0.1) is 6.61 Å². The molecule has 0 saturated carbocycles. The number of anilines is 1. The highest BCUT2D eigenvalue weighted by Crippen LogP contribution is 2.27. The molecule has 2 aliphatic heterocycles. The van der Waals surface area contributed by atoms with Gasteiger partial charge in [-0.15, -0.1) is 0 Å². The summed E-state index contributed by atoms with van der Waals surface area (Å²) in [6.45, 7) is -0.453. The van der Waals surface area contributed by atoms with Gasteiger partial charge >= 0.3 is 5.69 Å². The Labute approximate surface area is 154 Å². The Morgan fingerprint density at radius 3 is 2.67 bits per heavy atom. The molecule has 0 bridgehead atoms. The zero-order valence-electron chi connectivity index (χ0n) is 14.2. The summed E-state index contributed by atoms with van der Waals surface area (Å²) in [7, 11) is 0. The SMILES string of the molecule is C1=Cc2ccccc2ON1.Nc1ccn([C@@H]2O[C@H](CO)[C@@H](O)[C@H]2O)c(=O)n1. The van der Waals surface area contributed by atoms with E-state index < -0.39 is 36.8 Å². The third-order valence-electron chi connectivity index (χ3n) is 4.06. The maximum absolute atomic E-state index is 11.5. The molecule has 2 aromatic rings. The molecular weight excluding hydrogens is 356 g/mol. The fourth-order valence-electron chi connectivity index (χ4n) is 2.66. The van der Waals surface area contributed by atoms with Crippen LogP contribution >= 0.6 is 0 Å². The van der Waals surface area contributed by atoms with Crippen molar-refractivity contribution >= 4 is 11.9 Å². The minimum atomic E-state index is -1.31. The first-order valence-corrected chi connectivity index (χ1v) is 8.16. The zero-order valence-corrected chi connectivity index (χ0v) is 14.2. The third kappa shape index (κ3) is 4.09. The minimum absolute atomic E-state index is 0.0537. The van der Waals surface area contributed by atoms with Crippen LogP contribution in [0.4, 0.5) is 5.82 Å². The van der Waals surface area contributed by atoms with E-state index in [2.05, 4.69) is 10.5 Å². The number of hydrogen-bond donors (Lipinski definition) is 5. The molecule has 1 aromatic carbocycles. The zero-order chi connectivity index (χ0) is 19.4. The highest BCUT2D eigenvalue weighted by molar-refractivity contribution is 5.57. The molecule has 2 aliphatic rings. The van der Waals surface area contributed by atoms with Crippen LogP contribution in [0.2, 0.25) is 0 Å². The van der Waals surface area contributed by atoms with E-state index in [9.17, 15) is 15.0 Å². The molecule has 6 N–H and O–H groups in total. The van der Waals surface area contributed by atoms with Crippen molar-refractivity contribution in [3.63, 3.8) is 0 Å². The van der Waals surface area contributed by atoms with Gasteiger partial charge in [0.15, 0.2) is 12.0 Å². The van der Waals surface area contributed by atoms with Crippen molar-refractivity contribution in [3.8, 4) is 5.75 Å². The second-order valence-electron chi connectivity index (χ2n) is 5.86. The Hall–Kier alpha value is -2.92. The lowest BCUT2D eigenvalue weighted by Crippen LogP contribution is -2.36. The summed E-state index contributed by atoms with van der Waals surface area (Å²) in [6.07, 6.45) is 0.471. The van der Waals surface area contributed by atoms with Gasteiger partial charge in [0.1, 0.15) is 24.1 Å². The molecule has 3 heterocycles. The summed E-state index contributed by atoms with van der Waals surface area (Å²) >= 11 is 0. The minimum Gasteiger partial charge on any atom is -0.394 e. The number of aromatic nitrogens is 2. The number of para-hydroxylation sites is 1. The fraction of sp³-hybridized carbons (Fsp3) is 0.294. The van der Waals surface area contributed by atoms with Crippen LogP contribution in [0.1, 0.15) is 11.8 Å². The number of nitrogens with two attached hydrogens (primary N) is 1. The molecule has 144 valence electrons. The van der Waals surface area contributed by atoms with Crippen LogP contribution in [0.5, 0.6) is 5.75 Å². The van der Waals surface area contributed by atoms with Crippen molar-refractivity contribution in [1.82, 2.24) is 15.0 Å². The van der Waals surface area contributed by atoms with Gasteiger partial charge < -0.3 is 30.6 Å². The number of nitrogens with one attached hydrogen (secondary N) is 1. The van der Waals surface area contributed by atoms with Crippen molar-refractivity contribution < 1.29 is 24.9 Å². The first kappa shape index (κ1) is 18.9. The number of nitrogens with zero attached hydrogens (tertiary/aromatic N) is 2. The number of hydroxylamine groups is 1. The lowest BCUT2D eigenvalue weighted by atomic mass is 10.1. The summed E-state index contributed by atoms with van der Waals surface area (Å²) < 4.78 is 6.19. The maximum Gasteiger partial charge on any atom is 0.351 e. The number of aliphatic hydroxyl groups is 3. The number of benzene rings is 1. The Kier molecular flexibility index (Phi) is 5.72. The maximum atomic E-state index is 11.5. The smallest absolute Gasteiger partial charge is 0.351 e. The van der Waals surface area contributed by atoms with E-state index in [1.54, 1.807) is 6.20 Å². The molecule has 0 radical (unpaired) electrons. The van der Waals surface area contributed by atoms with Crippen LogP contribution in [0, 0.1) is 0 Å². The van der Waals surface area contributed by atoms with Gasteiger partial charge in [0.2, 0.25) is 0 Å². The van der Waals surface area contributed by atoms with E-state index in [1.165, 1.54) is 12.3 Å². The van der Waals surface area contributed by atoms with Gasteiger partial charge in [0, 0.05) is 18.0 Å². The average molecular weight is 376 g/mol. The predicted molar refractivity (Wildman–Crippen MR) is 95.2 cm³/mol. The molecular formula is C17H20N4O6. The average Bonchev–Trinajstić information content (AvgIpc) is 2.97. The molecule has 4 atom stereocenters. The topological polar surface area (TPSA) is 152 Å². The van der Waals surface area contributed by atoms with Gasteiger partial charge in [0.25, 0.3) is 0 Å². The van der Waals surface area contributed by atoms with E-state index in [-0.39, 0.29) is 5.82 Å². The first-order chi connectivity index (χ1) is 13.0. The number of fused-ring (bicyclic) bond motifs is 1. The molecule has 1 fully saturated rings. The lowest BCUT2D eigenvalue weighted by Gasteiger charge is -2.16. The third-order valence-corrected chi connectivity index (χ3v) is 4.06. The lowest BCUT2D eigenvalue weighted by molar-refractivity contribution is -0.0549. The van der Waals surface area contributed by atoms with Crippen molar-refractivity contribution in [2.45, 2.75) is 24.5 Å². The second-order valence-corrected chi connectivity index (χ2v) is 5.86. The second kappa shape index (κ2) is 8.18. The molecule has 0 unspecified atom stereocenters. The Morgan fingerprint density at radius 1 is 1.22 bits per heavy atom. The summed E-state index contributed by atoms with van der Waals surface area (Å²) in [5.41, 5.74) is 8.40. The van der Waals surface area contributed by atoms with E-state index >= 15 is 0 Å². The van der Waals surface area contributed by atoms with E-state index in [1.807, 2.05) is 30.3 Å². The van der Waals surface area contributed by atoms with Crippen LogP contribution in [0.15, 0.2) is 47.5 Å². The Balaban J connectivity index is 0.000000177. The Bertz CT molecular complexity index is 870. The predicted octanol–water partition coefficient (Wildman–Crippen LogP) is -1.01. The number of rotatable bonds is 2. The fourth-order valence-corrected chi connectivity index (χ4v) is 2.66. The summed E-state index contributed by atoms with van der Waals surface area (Å²) in [5.74, 6) is 0.933. The van der Waals surface area contributed by atoms with E-state index in [0.717, 1.165) is 15.9 Å². The van der Waals surface area contributed by atoms with Gasteiger partial charge in [-0.1, -0.05) is 18.2 Å². The molecule has 0 aliphatic carbocycles. The van der Waals surface area contributed by atoms with Crippen molar-refractivity contribution in [3.05, 3.63) is 58.8 Å². The van der Waals surface area contributed by atoms with Crippen molar-refractivity contribution in [2.75, 3.05) is 12.3 Å². The monoisotopic (exact) mass is 376 g/mol. The number of ether oxygens (including phenoxy) is 1. The van der Waals surface area contributed by atoms with Gasteiger partial charge in [-0.05, 0) is 18.2 Å². The summed E-state index contributed by atoms with van der Waals surface area (Å²) in [4.78, 5) is 20.1. The van der Waals surface area contributed by atoms with Gasteiger partial charge in [-0.25, -0.2) is 10.3 Å². The van der Waals surface area contributed by atoms with E-state index in [0.29, 0.717) is 0 Å². The summed E-state index contributed by atoms with van der Waals surface area (Å²) in [6, 6.07) is 9.23. The van der Waals surface area contributed by atoms with Gasteiger partial charge in [-0.3, -0.25) is 4.57 Å². The molecule has 10 nitrogen and oxygen atoms in total. The van der Waals surface area contributed by atoms with Crippen LogP contribution < -0.4 is 21.7 Å². The highest BCUT2D eigenvalue weighted by Gasteiger charge is 2.43. The molecule has 0 amide bonds. The van der Waals surface area contributed by atoms with Crippen LogP contribution in [-0.4, -0.2) is 49.8 Å². The first-order valence-electron chi connectivity index (χ1n) is 8.16. The number of hydrogen-bond acceptors (Lipinski definition) is 9. The van der Waals surface area contributed by atoms with E-state index in [4.69, 9.17) is 20.4 Å². The highest BCUT2D eigenvalue weighted by atomic mass is 16.6.